The van der Waals surface area contributed by atoms with E-state index in [-0.39, 0.29) is 17.4 Å². The van der Waals surface area contributed by atoms with Crippen LogP contribution in [-0.2, 0) is 0 Å². The Morgan fingerprint density at radius 1 is 1.64 bits per heavy atom. The van der Waals surface area contributed by atoms with Crippen LogP contribution in [0.1, 0.15) is 23.2 Å². The summed E-state index contributed by atoms with van der Waals surface area (Å²) in [6.07, 6.45) is 3.25. The molecule has 0 saturated heterocycles. The Balaban J connectivity index is 2.21. The number of nitrogens with one attached hydrogen (secondary N) is 1. The first kappa shape index (κ1) is 8.93. The number of rotatable bonds is 2. The Hall–Kier alpha value is -1.65. The smallest absolute Gasteiger partial charge is 0.254 e. The van der Waals surface area contributed by atoms with E-state index in [2.05, 4.69) is 10.3 Å². The second-order valence-corrected chi connectivity index (χ2v) is 3.31. The Morgan fingerprint density at radius 2 is 2.36 bits per heavy atom. The highest BCUT2D eigenvalue weighted by Crippen LogP contribution is 2.20. The van der Waals surface area contributed by atoms with Gasteiger partial charge in [0.2, 0.25) is 0 Å². The second kappa shape index (κ2) is 3.25. The van der Waals surface area contributed by atoms with Crippen LogP contribution >= 0.6 is 0 Å². The molecule has 1 saturated carbocycles. The zero-order valence-electron chi connectivity index (χ0n) is 7.46. The Kier molecular flexibility index (Phi) is 2.07. The average Bonchev–Trinajstić information content (AvgIpc) is 2.93. The number of pyridine rings is 1. The molecule has 74 valence electrons. The number of aromatic nitrogens is 1. The summed E-state index contributed by atoms with van der Waals surface area (Å²) in [4.78, 5) is 15.0. The third kappa shape index (κ3) is 1.66. The molecule has 2 rings (SSSR count). The van der Waals surface area contributed by atoms with Gasteiger partial charge in [-0.15, -0.1) is 0 Å². The van der Waals surface area contributed by atoms with E-state index in [0.717, 1.165) is 12.8 Å². The molecular formula is C9H10FN3O. The van der Waals surface area contributed by atoms with Gasteiger partial charge in [0, 0.05) is 12.2 Å². The van der Waals surface area contributed by atoms with Crippen LogP contribution in [-0.4, -0.2) is 16.9 Å². The van der Waals surface area contributed by atoms with E-state index >= 15 is 0 Å². The third-order valence-corrected chi connectivity index (χ3v) is 2.07. The number of nitrogens with two attached hydrogens (primary N) is 1. The summed E-state index contributed by atoms with van der Waals surface area (Å²) >= 11 is 0. The molecule has 0 aliphatic heterocycles. The Bertz CT molecular complexity index is 376. The van der Waals surface area contributed by atoms with Gasteiger partial charge >= 0.3 is 0 Å². The summed E-state index contributed by atoms with van der Waals surface area (Å²) in [7, 11) is 0. The van der Waals surface area contributed by atoms with E-state index in [4.69, 9.17) is 5.73 Å². The molecule has 0 radical (unpaired) electrons. The maximum Gasteiger partial charge on any atom is 0.254 e. The van der Waals surface area contributed by atoms with Crippen molar-refractivity contribution < 1.29 is 9.18 Å². The molecule has 1 aliphatic carbocycles. The van der Waals surface area contributed by atoms with Crippen LogP contribution in [0, 0.1) is 5.82 Å². The lowest BCUT2D eigenvalue weighted by Gasteiger charge is -2.04. The maximum absolute atomic E-state index is 13.3. The lowest BCUT2D eigenvalue weighted by molar-refractivity contribution is 0.0947. The fourth-order valence-corrected chi connectivity index (χ4v) is 1.13. The van der Waals surface area contributed by atoms with E-state index in [1.54, 1.807) is 0 Å². The van der Waals surface area contributed by atoms with Crippen molar-refractivity contribution in [3.05, 3.63) is 23.6 Å². The van der Waals surface area contributed by atoms with E-state index in [0.29, 0.717) is 0 Å². The van der Waals surface area contributed by atoms with Gasteiger partial charge in [0.15, 0.2) is 11.6 Å². The highest BCUT2D eigenvalue weighted by Gasteiger charge is 2.25. The van der Waals surface area contributed by atoms with Crippen LogP contribution in [0.15, 0.2) is 12.3 Å². The number of anilines is 1. The van der Waals surface area contributed by atoms with E-state index in [1.807, 2.05) is 0 Å². The SMILES string of the molecule is Nc1nccc(C(=O)NC2CC2)c1F. The number of hydrogen-bond acceptors (Lipinski definition) is 3. The normalized spacial score (nSPS) is 15.2. The van der Waals surface area contributed by atoms with Crippen molar-refractivity contribution in [1.82, 2.24) is 10.3 Å². The molecule has 1 aromatic rings. The predicted molar refractivity (Wildman–Crippen MR) is 49.1 cm³/mol. The van der Waals surface area contributed by atoms with E-state index in [1.165, 1.54) is 12.3 Å². The fraction of sp³-hybridized carbons (Fsp3) is 0.333. The van der Waals surface area contributed by atoms with Crippen LogP contribution in [0.5, 0.6) is 0 Å². The molecule has 0 atom stereocenters. The van der Waals surface area contributed by atoms with Crippen molar-refractivity contribution in [1.29, 1.82) is 0 Å². The van der Waals surface area contributed by atoms with Crippen molar-refractivity contribution in [2.75, 3.05) is 5.73 Å². The van der Waals surface area contributed by atoms with Gasteiger partial charge in [-0.2, -0.15) is 0 Å². The molecule has 1 aliphatic rings. The maximum atomic E-state index is 13.3. The van der Waals surface area contributed by atoms with Gasteiger partial charge in [-0.1, -0.05) is 0 Å². The molecule has 0 aromatic carbocycles. The monoisotopic (exact) mass is 195 g/mol. The van der Waals surface area contributed by atoms with Gasteiger partial charge in [0.25, 0.3) is 5.91 Å². The summed E-state index contributed by atoms with van der Waals surface area (Å²) in [6.45, 7) is 0. The second-order valence-electron chi connectivity index (χ2n) is 3.31. The standard InChI is InChI=1S/C9H10FN3O/c10-7-6(3-4-12-8(7)11)9(14)13-5-1-2-5/h3-5H,1-2H2,(H2,11,12)(H,13,14). The van der Waals surface area contributed by atoms with Gasteiger partial charge in [-0.05, 0) is 18.9 Å². The van der Waals surface area contributed by atoms with E-state index < -0.39 is 11.7 Å². The summed E-state index contributed by atoms with van der Waals surface area (Å²) < 4.78 is 13.3. The van der Waals surface area contributed by atoms with Crippen molar-refractivity contribution in [2.45, 2.75) is 18.9 Å². The number of nitrogens with zero attached hydrogens (tertiary/aromatic N) is 1. The summed E-state index contributed by atoms with van der Waals surface area (Å²) in [5.41, 5.74) is 5.20. The molecule has 1 amide bonds. The first-order chi connectivity index (χ1) is 6.68. The predicted octanol–water partition coefficient (Wildman–Crippen LogP) is 0.695. The number of carbonyl (C=O) groups is 1. The highest BCUT2D eigenvalue weighted by molar-refractivity contribution is 5.95. The lowest BCUT2D eigenvalue weighted by atomic mass is 10.2. The van der Waals surface area contributed by atoms with Crippen LogP contribution in [0.4, 0.5) is 10.2 Å². The number of nitrogen functional groups attached to an aromatic ring is 1. The van der Waals surface area contributed by atoms with Crippen molar-refractivity contribution in [3.8, 4) is 0 Å². The zero-order valence-corrected chi connectivity index (χ0v) is 7.46. The highest BCUT2D eigenvalue weighted by atomic mass is 19.1. The quantitative estimate of drug-likeness (QED) is 0.729. The summed E-state index contributed by atoms with van der Waals surface area (Å²) in [5.74, 6) is -1.40. The summed E-state index contributed by atoms with van der Waals surface area (Å²) in [6, 6.07) is 1.53. The molecule has 1 fully saturated rings. The van der Waals surface area contributed by atoms with E-state index in [9.17, 15) is 9.18 Å². The number of hydrogen-bond donors (Lipinski definition) is 2. The van der Waals surface area contributed by atoms with Gasteiger partial charge < -0.3 is 11.1 Å². The first-order valence-corrected chi connectivity index (χ1v) is 4.39. The van der Waals surface area contributed by atoms with Crippen LogP contribution in [0.2, 0.25) is 0 Å². The lowest BCUT2D eigenvalue weighted by Crippen LogP contribution is -2.26. The minimum Gasteiger partial charge on any atom is -0.381 e. The molecule has 3 N–H and O–H groups in total. The van der Waals surface area contributed by atoms with Crippen molar-refractivity contribution >= 4 is 11.7 Å². The average molecular weight is 195 g/mol. The Labute approximate surface area is 80.3 Å². The zero-order chi connectivity index (χ0) is 10.1. The number of amides is 1. The molecule has 1 heterocycles. The van der Waals surface area contributed by atoms with Gasteiger partial charge in [-0.3, -0.25) is 4.79 Å². The molecule has 0 spiro atoms. The number of halogens is 1. The first-order valence-electron chi connectivity index (χ1n) is 4.39. The van der Waals surface area contributed by atoms with Crippen LogP contribution < -0.4 is 11.1 Å². The third-order valence-electron chi connectivity index (χ3n) is 2.07. The largest absolute Gasteiger partial charge is 0.381 e. The molecular weight excluding hydrogens is 185 g/mol. The molecule has 5 heteroatoms. The Morgan fingerprint density at radius 3 is 3.00 bits per heavy atom. The van der Waals surface area contributed by atoms with Crippen molar-refractivity contribution in [2.24, 2.45) is 0 Å². The van der Waals surface area contributed by atoms with Crippen LogP contribution in [0.25, 0.3) is 0 Å². The van der Waals surface area contributed by atoms with Crippen LogP contribution in [0.3, 0.4) is 0 Å². The molecule has 14 heavy (non-hydrogen) atoms. The minimum absolute atomic E-state index is 0.0376. The fourth-order valence-electron chi connectivity index (χ4n) is 1.13. The van der Waals surface area contributed by atoms with Gasteiger partial charge in [0.05, 0.1) is 5.56 Å². The van der Waals surface area contributed by atoms with Gasteiger partial charge in [0.1, 0.15) is 0 Å². The molecule has 4 nitrogen and oxygen atoms in total. The molecule has 0 unspecified atom stereocenters. The topological polar surface area (TPSA) is 68.0 Å². The summed E-state index contributed by atoms with van der Waals surface area (Å²) in [5, 5.41) is 2.68. The number of carbonyl (C=O) groups excluding carboxylic acids is 1. The van der Waals surface area contributed by atoms with Crippen molar-refractivity contribution in [3.63, 3.8) is 0 Å². The molecule has 1 aromatic heterocycles. The molecule has 0 bridgehead atoms. The van der Waals surface area contributed by atoms with Gasteiger partial charge in [-0.25, -0.2) is 9.37 Å². The minimum atomic E-state index is -0.745.